The SMILES string of the molecule is Cc1sc(C2CCNC2)nc1C1CCCO1. The molecule has 0 aromatic carbocycles. The van der Waals surface area contributed by atoms with E-state index in [4.69, 9.17) is 9.72 Å². The summed E-state index contributed by atoms with van der Waals surface area (Å²) in [6.07, 6.45) is 3.84. The van der Waals surface area contributed by atoms with E-state index < -0.39 is 0 Å². The van der Waals surface area contributed by atoms with Gasteiger partial charge in [0.2, 0.25) is 0 Å². The van der Waals surface area contributed by atoms with Gasteiger partial charge in [-0.1, -0.05) is 0 Å². The molecule has 2 saturated heterocycles. The molecule has 3 rings (SSSR count). The predicted octanol–water partition coefficient (Wildman–Crippen LogP) is 2.38. The Bertz CT molecular complexity index is 365. The molecule has 3 nitrogen and oxygen atoms in total. The molecule has 2 aliphatic heterocycles. The summed E-state index contributed by atoms with van der Waals surface area (Å²) in [4.78, 5) is 6.18. The normalized spacial score (nSPS) is 30.1. The second-order valence-corrected chi connectivity index (χ2v) is 5.92. The number of hydrogen-bond acceptors (Lipinski definition) is 4. The molecule has 0 aliphatic carbocycles. The molecule has 2 atom stereocenters. The number of rotatable bonds is 2. The van der Waals surface area contributed by atoms with Crippen molar-refractivity contribution < 1.29 is 4.74 Å². The van der Waals surface area contributed by atoms with Crippen LogP contribution >= 0.6 is 11.3 Å². The van der Waals surface area contributed by atoms with Crippen LogP contribution in [0.5, 0.6) is 0 Å². The third-order valence-corrected chi connectivity index (χ3v) is 4.64. The van der Waals surface area contributed by atoms with E-state index in [-0.39, 0.29) is 6.10 Å². The molecular weight excluding hydrogens is 220 g/mol. The summed E-state index contributed by atoms with van der Waals surface area (Å²) in [5, 5.41) is 4.72. The van der Waals surface area contributed by atoms with Gasteiger partial charge in [-0.05, 0) is 32.7 Å². The molecule has 1 aromatic heterocycles. The van der Waals surface area contributed by atoms with Gasteiger partial charge in [0.1, 0.15) is 6.10 Å². The van der Waals surface area contributed by atoms with Gasteiger partial charge in [0, 0.05) is 23.9 Å². The van der Waals surface area contributed by atoms with Crippen LogP contribution in [0.4, 0.5) is 0 Å². The Hall–Kier alpha value is -0.450. The topological polar surface area (TPSA) is 34.2 Å². The van der Waals surface area contributed by atoms with Gasteiger partial charge in [0.15, 0.2) is 0 Å². The lowest BCUT2D eigenvalue weighted by atomic mass is 10.1. The molecule has 0 spiro atoms. The fourth-order valence-electron chi connectivity index (χ4n) is 2.56. The molecule has 4 heteroatoms. The molecule has 0 amide bonds. The van der Waals surface area contributed by atoms with Crippen molar-refractivity contribution in [3.8, 4) is 0 Å². The van der Waals surface area contributed by atoms with E-state index in [1.165, 1.54) is 28.4 Å². The van der Waals surface area contributed by atoms with Crippen LogP contribution in [-0.2, 0) is 4.74 Å². The third kappa shape index (κ3) is 1.90. The lowest BCUT2D eigenvalue weighted by Crippen LogP contribution is -2.08. The first-order chi connectivity index (χ1) is 7.84. The van der Waals surface area contributed by atoms with E-state index in [0.29, 0.717) is 5.92 Å². The van der Waals surface area contributed by atoms with Gasteiger partial charge in [-0.15, -0.1) is 11.3 Å². The van der Waals surface area contributed by atoms with Crippen LogP contribution in [0.15, 0.2) is 0 Å². The third-order valence-electron chi connectivity index (χ3n) is 3.49. The monoisotopic (exact) mass is 238 g/mol. The summed E-state index contributed by atoms with van der Waals surface area (Å²) in [6.45, 7) is 5.32. The number of nitrogens with one attached hydrogen (secondary N) is 1. The van der Waals surface area contributed by atoms with Crippen molar-refractivity contribution in [2.45, 2.75) is 38.2 Å². The van der Waals surface area contributed by atoms with E-state index >= 15 is 0 Å². The molecule has 2 fully saturated rings. The molecule has 16 heavy (non-hydrogen) atoms. The maximum Gasteiger partial charge on any atom is 0.101 e. The fourth-order valence-corrected chi connectivity index (χ4v) is 3.67. The maximum absolute atomic E-state index is 5.72. The Kier molecular flexibility index (Phi) is 2.96. The van der Waals surface area contributed by atoms with E-state index in [9.17, 15) is 0 Å². The minimum atomic E-state index is 0.277. The van der Waals surface area contributed by atoms with Crippen LogP contribution in [0, 0.1) is 6.92 Å². The van der Waals surface area contributed by atoms with E-state index in [1.54, 1.807) is 0 Å². The van der Waals surface area contributed by atoms with Crippen molar-refractivity contribution in [2.24, 2.45) is 0 Å². The van der Waals surface area contributed by atoms with Gasteiger partial charge < -0.3 is 10.1 Å². The molecule has 2 aliphatic rings. The number of hydrogen-bond donors (Lipinski definition) is 1. The van der Waals surface area contributed by atoms with Crippen molar-refractivity contribution in [3.05, 3.63) is 15.6 Å². The molecule has 3 heterocycles. The highest BCUT2D eigenvalue weighted by atomic mass is 32.1. The smallest absolute Gasteiger partial charge is 0.101 e. The Morgan fingerprint density at radius 3 is 3.06 bits per heavy atom. The highest BCUT2D eigenvalue weighted by Crippen LogP contribution is 2.35. The summed E-state index contributed by atoms with van der Waals surface area (Å²) in [5.41, 5.74) is 1.21. The first-order valence-corrected chi connectivity index (χ1v) is 6.96. The van der Waals surface area contributed by atoms with Crippen LogP contribution in [0.1, 0.15) is 46.9 Å². The average molecular weight is 238 g/mol. The fraction of sp³-hybridized carbons (Fsp3) is 0.750. The molecule has 2 unspecified atom stereocenters. The lowest BCUT2D eigenvalue weighted by molar-refractivity contribution is 0.108. The first kappa shape index (κ1) is 10.7. The average Bonchev–Trinajstić information content (AvgIpc) is 2.97. The summed E-state index contributed by atoms with van der Waals surface area (Å²) >= 11 is 1.87. The minimum absolute atomic E-state index is 0.277. The van der Waals surface area contributed by atoms with Crippen molar-refractivity contribution >= 4 is 11.3 Å². The summed E-state index contributed by atoms with van der Waals surface area (Å²) < 4.78 is 5.72. The minimum Gasteiger partial charge on any atom is -0.372 e. The predicted molar refractivity (Wildman–Crippen MR) is 65.0 cm³/mol. The Labute approximate surface area is 100 Å². The zero-order valence-corrected chi connectivity index (χ0v) is 10.5. The van der Waals surface area contributed by atoms with Crippen LogP contribution < -0.4 is 5.32 Å². The second-order valence-electron chi connectivity index (χ2n) is 4.68. The zero-order chi connectivity index (χ0) is 11.0. The zero-order valence-electron chi connectivity index (χ0n) is 9.66. The van der Waals surface area contributed by atoms with E-state index in [2.05, 4.69) is 12.2 Å². The van der Waals surface area contributed by atoms with Crippen LogP contribution in [-0.4, -0.2) is 24.7 Å². The second kappa shape index (κ2) is 4.43. The molecular formula is C12H18N2OS. The van der Waals surface area contributed by atoms with E-state index in [1.807, 2.05) is 11.3 Å². The van der Waals surface area contributed by atoms with Gasteiger partial charge in [0.05, 0.1) is 10.7 Å². The van der Waals surface area contributed by atoms with Crippen LogP contribution in [0.3, 0.4) is 0 Å². The van der Waals surface area contributed by atoms with Crippen molar-refractivity contribution in [3.63, 3.8) is 0 Å². The molecule has 1 aromatic rings. The quantitative estimate of drug-likeness (QED) is 0.859. The number of ether oxygens (including phenoxy) is 1. The molecule has 0 saturated carbocycles. The summed E-state index contributed by atoms with van der Waals surface area (Å²) in [5.74, 6) is 0.638. The van der Waals surface area contributed by atoms with Gasteiger partial charge in [0.25, 0.3) is 0 Å². The van der Waals surface area contributed by atoms with Crippen LogP contribution in [0.25, 0.3) is 0 Å². The van der Waals surface area contributed by atoms with Crippen molar-refractivity contribution in [1.82, 2.24) is 10.3 Å². The molecule has 1 N–H and O–H groups in total. The standard InChI is InChI=1S/C12H18N2OS/c1-8-11(10-3-2-6-15-10)14-12(16-8)9-4-5-13-7-9/h9-10,13H,2-7H2,1H3. The maximum atomic E-state index is 5.72. The summed E-state index contributed by atoms with van der Waals surface area (Å²) in [6, 6.07) is 0. The summed E-state index contributed by atoms with van der Waals surface area (Å²) in [7, 11) is 0. The molecule has 0 bridgehead atoms. The number of aromatic nitrogens is 1. The van der Waals surface area contributed by atoms with Gasteiger partial charge in [-0.25, -0.2) is 4.98 Å². The van der Waals surface area contributed by atoms with E-state index in [0.717, 1.165) is 26.1 Å². The van der Waals surface area contributed by atoms with Gasteiger partial charge >= 0.3 is 0 Å². The Morgan fingerprint density at radius 1 is 1.44 bits per heavy atom. The first-order valence-electron chi connectivity index (χ1n) is 6.14. The lowest BCUT2D eigenvalue weighted by Gasteiger charge is -2.07. The molecule has 88 valence electrons. The van der Waals surface area contributed by atoms with Crippen LogP contribution in [0.2, 0.25) is 0 Å². The van der Waals surface area contributed by atoms with Gasteiger partial charge in [-0.3, -0.25) is 0 Å². The van der Waals surface area contributed by atoms with Crippen molar-refractivity contribution in [1.29, 1.82) is 0 Å². The number of aryl methyl sites for hydroxylation is 1. The highest BCUT2D eigenvalue weighted by Gasteiger charge is 2.26. The van der Waals surface area contributed by atoms with Crippen molar-refractivity contribution in [2.75, 3.05) is 19.7 Å². The highest BCUT2D eigenvalue weighted by molar-refractivity contribution is 7.11. The largest absolute Gasteiger partial charge is 0.372 e. The Balaban J connectivity index is 1.83. The molecule has 0 radical (unpaired) electrons. The number of nitrogens with zero attached hydrogens (tertiary/aromatic N) is 1. The number of thiazole rings is 1. The van der Waals surface area contributed by atoms with Gasteiger partial charge in [-0.2, -0.15) is 0 Å². The Morgan fingerprint density at radius 2 is 2.38 bits per heavy atom.